The van der Waals surface area contributed by atoms with E-state index in [-0.39, 0.29) is 57.8 Å². The van der Waals surface area contributed by atoms with Crippen LogP contribution in [0.3, 0.4) is 0 Å². The molecule has 4 heterocycles. The Morgan fingerprint density at radius 3 is 1.61 bits per heavy atom. The Hall–Kier alpha value is -10.2. The van der Waals surface area contributed by atoms with Gasteiger partial charge in [0, 0.05) is 60.1 Å². The SMILES string of the molecule is [2H]c1cc([2H])c2c(c1[2H])c1c([2H])c([2H])c([2H])c([2H])c1n2-c1ccccc1-c1nc(-c2cccc(-c3cccc4c3oc3ccc(-c5cccc6c5oc5ccccc56)cc34)c2)nc(-c2c(-c3ccccc3)cccc2-c2ccccc2)n1. The molecular formula is C69H42N4O2. The van der Waals surface area contributed by atoms with E-state index in [2.05, 4.69) is 91.0 Å². The van der Waals surface area contributed by atoms with Crippen molar-refractivity contribution in [3.8, 4) is 84.4 Å². The van der Waals surface area contributed by atoms with Crippen molar-refractivity contribution >= 4 is 65.7 Å². The van der Waals surface area contributed by atoms with Gasteiger partial charge in [-0.2, -0.15) is 0 Å². The summed E-state index contributed by atoms with van der Waals surface area (Å²) >= 11 is 0. The molecule has 0 N–H and O–H groups in total. The van der Waals surface area contributed by atoms with Gasteiger partial charge in [-0.05, 0) is 81.9 Å². The lowest BCUT2D eigenvalue weighted by atomic mass is 9.91. The second kappa shape index (κ2) is 17.3. The fourth-order valence-corrected chi connectivity index (χ4v) is 10.8. The van der Waals surface area contributed by atoms with E-state index in [1.807, 2.05) is 103 Å². The Morgan fingerprint density at radius 1 is 0.320 bits per heavy atom. The molecule has 0 amide bonds. The largest absolute Gasteiger partial charge is 0.455 e. The number of fused-ring (bicyclic) bond motifs is 9. The number of furan rings is 2. The number of para-hydroxylation sites is 6. The second-order valence-corrected chi connectivity index (χ2v) is 18.5. The predicted octanol–water partition coefficient (Wildman–Crippen LogP) is 18.4. The number of nitrogens with zero attached hydrogens (tertiary/aromatic N) is 4. The molecule has 0 spiro atoms. The Balaban J connectivity index is 0.955. The van der Waals surface area contributed by atoms with Gasteiger partial charge in [-0.1, -0.05) is 206 Å². The molecule has 15 rings (SSSR count). The van der Waals surface area contributed by atoms with Crippen molar-refractivity contribution in [2.45, 2.75) is 0 Å². The van der Waals surface area contributed by atoms with Crippen molar-refractivity contribution in [1.29, 1.82) is 0 Å². The maximum Gasteiger partial charge on any atom is 0.166 e. The zero-order valence-electron chi connectivity index (χ0n) is 46.8. The van der Waals surface area contributed by atoms with Crippen LogP contribution in [0.15, 0.2) is 263 Å². The molecule has 0 aliphatic rings. The summed E-state index contributed by atoms with van der Waals surface area (Å²) < 4.78 is 78.0. The average Bonchev–Trinajstić information content (AvgIpc) is 3.14. The van der Waals surface area contributed by atoms with E-state index < -0.39 is 12.1 Å². The minimum Gasteiger partial charge on any atom is -0.455 e. The van der Waals surface area contributed by atoms with Crippen LogP contribution in [-0.4, -0.2) is 19.5 Å². The lowest BCUT2D eigenvalue weighted by Crippen LogP contribution is -2.05. The van der Waals surface area contributed by atoms with Crippen LogP contribution < -0.4 is 0 Å². The van der Waals surface area contributed by atoms with Crippen LogP contribution in [-0.2, 0) is 0 Å². The van der Waals surface area contributed by atoms with Crippen molar-refractivity contribution in [2.24, 2.45) is 0 Å². The smallest absolute Gasteiger partial charge is 0.166 e. The van der Waals surface area contributed by atoms with Gasteiger partial charge in [-0.25, -0.2) is 15.0 Å². The highest BCUT2D eigenvalue weighted by Crippen LogP contribution is 2.44. The number of hydrogen-bond acceptors (Lipinski definition) is 5. The molecule has 0 saturated carbocycles. The van der Waals surface area contributed by atoms with Crippen LogP contribution in [0.1, 0.15) is 9.60 Å². The fourth-order valence-electron chi connectivity index (χ4n) is 10.8. The standard InChI is InChI=1S/C69H42N4O2/c1-3-19-43(20-4-1)48-29-16-30-49(44-21-5-2-6-22-44)64(48)69-71-67(70-68(72-69)57-28-9-13-37-61(57)73-59-35-11-7-25-52(59)53-26-8-12-36-60(53)73)47-24-15-23-45(41-47)50-31-18-34-56-58-42-46(39-40-63(58)75-66(50)56)51-32-17-33-55-54-27-10-14-38-62(54)74-65(51)55/h1-42H/i7D,8D,11D,25D,26D,35D,36D. The quantitative estimate of drug-likeness (QED) is 0.152. The number of aromatic nitrogens is 4. The molecule has 4 aromatic heterocycles. The topological polar surface area (TPSA) is 69.9 Å². The molecule has 0 atom stereocenters. The van der Waals surface area contributed by atoms with E-state index in [1.54, 1.807) is 16.7 Å². The van der Waals surface area contributed by atoms with Crippen LogP contribution >= 0.6 is 0 Å². The van der Waals surface area contributed by atoms with Crippen LogP contribution in [0.4, 0.5) is 0 Å². The van der Waals surface area contributed by atoms with Gasteiger partial charge in [0.25, 0.3) is 0 Å². The third-order valence-electron chi connectivity index (χ3n) is 14.2. The van der Waals surface area contributed by atoms with Crippen molar-refractivity contribution in [3.63, 3.8) is 0 Å². The third-order valence-corrected chi connectivity index (χ3v) is 14.2. The van der Waals surface area contributed by atoms with Gasteiger partial charge in [0.2, 0.25) is 0 Å². The lowest BCUT2D eigenvalue weighted by Gasteiger charge is -2.18. The van der Waals surface area contributed by atoms with E-state index in [4.69, 9.17) is 30.6 Å². The molecule has 0 fully saturated rings. The zero-order chi connectivity index (χ0) is 55.5. The molecule has 75 heavy (non-hydrogen) atoms. The summed E-state index contributed by atoms with van der Waals surface area (Å²) in [6.45, 7) is 0. The van der Waals surface area contributed by atoms with Crippen LogP contribution in [0.2, 0.25) is 0 Å². The minimum absolute atomic E-state index is 0.0433. The van der Waals surface area contributed by atoms with Crippen LogP contribution in [0.5, 0.6) is 0 Å². The Bertz CT molecular complexity index is 5090. The van der Waals surface area contributed by atoms with Crippen LogP contribution in [0.25, 0.3) is 150 Å². The maximum absolute atomic E-state index is 9.35. The fraction of sp³-hybridized carbons (Fsp3) is 0. The van der Waals surface area contributed by atoms with Gasteiger partial charge < -0.3 is 13.4 Å². The molecule has 0 saturated heterocycles. The van der Waals surface area contributed by atoms with Gasteiger partial charge in [0.05, 0.1) is 26.3 Å². The van der Waals surface area contributed by atoms with E-state index in [1.165, 1.54) is 6.07 Å². The normalized spacial score (nSPS) is 13.0. The van der Waals surface area contributed by atoms with Crippen LogP contribution in [0, 0.1) is 0 Å². The molecule has 11 aromatic carbocycles. The highest BCUT2D eigenvalue weighted by molar-refractivity contribution is 6.14. The summed E-state index contributed by atoms with van der Waals surface area (Å²) in [7, 11) is 0. The molecule has 0 unspecified atom stereocenters. The Labute approximate surface area is 440 Å². The molecule has 6 nitrogen and oxygen atoms in total. The summed E-state index contributed by atoms with van der Waals surface area (Å²) in [5.74, 6) is 0.948. The van der Waals surface area contributed by atoms with Crippen molar-refractivity contribution in [3.05, 3.63) is 255 Å². The first-order chi connectivity index (χ1) is 40.1. The summed E-state index contributed by atoms with van der Waals surface area (Å²) in [6.07, 6.45) is 0. The maximum atomic E-state index is 9.35. The number of rotatable bonds is 8. The Morgan fingerprint density at radius 2 is 0.840 bits per heavy atom. The molecule has 350 valence electrons. The highest BCUT2D eigenvalue weighted by atomic mass is 16.3. The average molecular weight is 966 g/mol. The minimum atomic E-state index is -0.481. The first-order valence-corrected chi connectivity index (χ1v) is 24.7. The second-order valence-electron chi connectivity index (χ2n) is 18.5. The van der Waals surface area contributed by atoms with Gasteiger partial charge in [0.1, 0.15) is 22.3 Å². The van der Waals surface area contributed by atoms with Crippen molar-refractivity contribution in [2.75, 3.05) is 0 Å². The molecule has 6 heteroatoms. The first kappa shape index (κ1) is 35.9. The van der Waals surface area contributed by atoms with Crippen molar-refractivity contribution in [1.82, 2.24) is 19.5 Å². The van der Waals surface area contributed by atoms with Crippen molar-refractivity contribution < 1.29 is 18.4 Å². The van der Waals surface area contributed by atoms with Gasteiger partial charge in [-0.15, -0.1) is 0 Å². The van der Waals surface area contributed by atoms with Gasteiger partial charge >= 0.3 is 0 Å². The molecule has 0 aliphatic carbocycles. The monoisotopic (exact) mass is 965 g/mol. The molecule has 0 radical (unpaired) electrons. The first-order valence-electron chi connectivity index (χ1n) is 28.2. The Kier molecular flexibility index (Phi) is 8.25. The number of benzene rings is 11. The van der Waals surface area contributed by atoms with E-state index in [0.29, 0.717) is 28.5 Å². The van der Waals surface area contributed by atoms with E-state index in [9.17, 15) is 2.74 Å². The predicted molar refractivity (Wildman–Crippen MR) is 307 cm³/mol. The van der Waals surface area contributed by atoms with Gasteiger partial charge in [0.15, 0.2) is 17.5 Å². The summed E-state index contributed by atoms with van der Waals surface area (Å²) in [4.78, 5) is 16.2. The zero-order valence-corrected chi connectivity index (χ0v) is 39.8. The van der Waals surface area contributed by atoms with E-state index in [0.717, 1.165) is 93.9 Å². The molecule has 0 aliphatic heterocycles. The summed E-state index contributed by atoms with van der Waals surface area (Å²) in [5, 5.41) is 4.16. The van der Waals surface area contributed by atoms with Gasteiger partial charge in [-0.3, -0.25) is 0 Å². The third kappa shape index (κ3) is 6.99. The highest BCUT2D eigenvalue weighted by Gasteiger charge is 2.24. The van der Waals surface area contributed by atoms with E-state index >= 15 is 0 Å². The number of hydrogen-bond donors (Lipinski definition) is 0. The lowest BCUT2D eigenvalue weighted by molar-refractivity contribution is 0.669. The summed E-state index contributed by atoms with van der Waals surface area (Å²) in [6, 6.07) is 67.4. The summed E-state index contributed by atoms with van der Waals surface area (Å²) in [5.41, 5.74) is 13.0. The molecule has 15 aromatic rings. The molecular weight excluding hydrogens is 917 g/mol. The molecule has 0 bridgehead atoms.